The topological polar surface area (TPSA) is 32.8 Å². The molecule has 2 fully saturated rings. The Kier molecular flexibility index (Phi) is 5.43. The monoisotopic (exact) mass is 398 g/mol. The Morgan fingerprint density at radius 3 is 2.45 bits per heavy atom. The Morgan fingerprint density at radius 1 is 1.17 bits per heavy atom. The van der Waals surface area contributed by atoms with Gasteiger partial charge in [-0.2, -0.15) is 0 Å². The van der Waals surface area contributed by atoms with Gasteiger partial charge in [0.2, 0.25) is 0 Å². The molecule has 2 aliphatic heterocycles. The molecule has 29 heavy (non-hydrogen) atoms. The van der Waals surface area contributed by atoms with Crippen molar-refractivity contribution in [3.05, 3.63) is 29.3 Å². The maximum atomic E-state index is 13.0. The fourth-order valence-electron chi connectivity index (χ4n) is 5.79. The number of anilines is 1. The van der Waals surface area contributed by atoms with Gasteiger partial charge >= 0.3 is 6.09 Å². The third-order valence-corrected chi connectivity index (χ3v) is 7.50. The van der Waals surface area contributed by atoms with E-state index in [4.69, 9.17) is 4.74 Å². The van der Waals surface area contributed by atoms with Crippen molar-refractivity contribution in [3.63, 3.8) is 0 Å². The molecule has 1 saturated heterocycles. The molecule has 0 bridgehead atoms. The maximum Gasteiger partial charge on any atom is 0.414 e. The molecule has 4 heteroatoms. The zero-order chi connectivity index (χ0) is 20.8. The summed E-state index contributed by atoms with van der Waals surface area (Å²) in [6, 6.07) is 7.24. The van der Waals surface area contributed by atoms with Crippen LogP contribution in [0.1, 0.15) is 77.3 Å². The molecule has 4 nitrogen and oxygen atoms in total. The van der Waals surface area contributed by atoms with Crippen LogP contribution < -0.4 is 4.90 Å². The van der Waals surface area contributed by atoms with Crippen molar-refractivity contribution in [2.45, 2.75) is 90.2 Å². The summed E-state index contributed by atoms with van der Waals surface area (Å²) in [4.78, 5) is 17.6. The number of likely N-dealkylation sites (tertiary alicyclic amines) is 1. The first kappa shape index (κ1) is 20.7. The van der Waals surface area contributed by atoms with E-state index in [9.17, 15) is 4.79 Å². The lowest BCUT2D eigenvalue weighted by atomic mass is 9.73. The fraction of sp³-hybridized carbons (Fsp3) is 0.720. The second-order valence-corrected chi connectivity index (χ2v) is 10.7. The van der Waals surface area contributed by atoms with Crippen molar-refractivity contribution in [3.8, 4) is 0 Å². The predicted molar refractivity (Wildman–Crippen MR) is 119 cm³/mol. The molecule has 1 amide bonds. The summed E-state index contributed by atoms with van der Waals surface area (Å²) >= 11 is 0. The van der Waals surface area contributed by atoms with Gasteiger partial charge in [-0.25, -0.2) is 4.79 Å². The van der Waals surface area contributed by atoms with Crippen LogP contribution in [0.3, 0.4) is 0 Å². The molecule has 1 unspecified atom stereocenters. The number of hydrogen-bond acceptors (Lipinski definition) is 3. The first-order chi connectivity index (χ1) is 13.7. The number of ether oxygens (including phenoxy) is 1. The Bertz CT molecular complexity index is 753. The molecule has 160 valence electrons. The van der Waals surface area contributed by atoms with Gasteiger partial charge in [-0.1, -0.05) is 30.5 Å². The van der Waals surface area contributed by atoms with Gasteiger partial charge < -0.3 is 9.64 Å². The lowest BCUT2D eigenvalue weighted by Gasteiger charge is -2.43. The third-order valence-electron chi connectivity index (χ3n) is 7.50. The predicted octanol–water partition coefficient (Wildman–Crippen LogP) is 5.66. The summed E-state index contributed by atoms with van der Waals surface area (Å²) < 4.78 is 5.75. The first-order valence-electron chi connectivity index (χ1n) is 11.5. The smallest absolute Gasteiger partial charge is 0.414 e. The van der Waals surface area contributed by atoms with Gasteiger partial charge in [0, 0.05) is 18.0 Å². The number of piperidine rings is 1. The number of carbonyl (C=O) groups is 1. The molecule has 1 saturated carbocycles. The first-order valence-corrected chi connectivity index (χ1v) is 11.5. The van der Waals surface area contributed by atoms with E-state index in [-0.39, 0.29) is 11.5 Å². The molecule has 1 aromatic rings. The van der Waals surface area contributed by atoms with Crippen molar-refractivity contribution in [2.75, 3.05) is 24.5 Å². The highest BCUT2D eigenvalue weighted by atomic mass is 16.6. The van der Waals surface area contributed by atoms with Crippen LogP contribution in [0.15, 0.2) is 18.2 Å². The second-order valence-electron chi connectivity index (χ2n) is 10.7. The van der Waals surface area contributed by atoms with Gasteiger partial charge in [0.05, 0.1) is 5.69 Å². The van der Waals surface area contributed by atoms with E-state index in [1.54, 1.807) is 0 Å². The van der Waals surface area contributed by atoms with Gasteiger partial charge in [0.25, 0.3) is 0 Å². The van der Waals surface area contributed by atoms with Gasteiger partial charge in [-0.05, 0) is 90.9 Å². The second kappa shape index (κ2) is 7.61. The van der Waals surface area contributed by atoms with E-state index in [1.807, 2.05) is 25.7 Å². The standard InChI is InChI=1S/C25H38N2O2/c1-18-10-11-22-21(16-18)25(17-27(22)23(28)29-24(3,4)5)12-14-26(15-13-25)19(2)20-8-6-7-9-20/h10-11,16,19-20H,6-9,12-15,17H2,1-5H3. The van der Waals surface area contributed by atoms with Crippen molar-refractivity contribution in [2.24, 2.45) is 5.92 Å². The van der Waals surface area contributed by atoms with E-state index >= 15 is 0 Å². The summed E-state index contributed by atoms with van der Waals surface area (Å²) in [5.41, 5.74) is 3.29. The van der Waals surface area contributed by atoms with Crippen LogP contribution in [-0.2, 0) is 10.2 Å². The maximum absolute atomic E-state index is 13.0. The number of fused-ring (bicyclic) bond motifs is 2. The number of carbonyl (C=O) groups excluding carboxylic acids is 1. The number of benzene rings is 1. The van der Waals surface area contributed by atoms with Crippen LogP contribution in [0.5, 0.6) is 0 Å². The van der Waals surface area contributed by atoms with E-state index in [2.05, 4.69) is 36.9 Å². The number of aryl methyl sites for hydroxylation is 1. The van der Waals surface area contributed by atoms with Crippen LogP contribution in [0, 0.1) is 12.8 Å². The Morgan fingerprint density at radius 2 is 1.83 bits per heavy atom. The molecule has 1 aromatic carbocycles. The minimum atomic E-state index is -0.474. The minimum absolute atomic E-state index is 0.0736. The summed E-state index contributed by atoms with van der Waals surface area (Å²) in [5, 5.41) is 0. The number of amides is 1. The molecule has 1 aliphatic carbocycles. The zero-order valence-corrected chi connectivity index (χ0v) is 19.0. The van der Waals surface area contributed by atoms with E-state index in [1.165, 1.54) is 36.8 Å². The Labute approximate surface area is 176 Å². The van der Waals surface area contributed by atoms with Crippen LogP contribution in [0.25, 0.3) is 0 Å². The fourth-order valence-corrected chi connectivity index (χ4v) is 5.79. The molecule has 0 radical (unpaired) electrons. The van der Waals surface area contributed by atoms with Crippen LogP contribution in [0.4, 0.5) is 10.5 Å². The number of hydrogen-bond donors (Lipinski definition) is 0. The molecule has 2 heterocycles. The molecular weight excluding hydrogens is 360 g/mol. The van der Waals surface area contributed by atoms with Crippen LogP contribution >= 0.6 is 0 Å². The number of rotatable bonds is 2. The van der Waals surface area contributed by atoms with Crippen molar-refractivity contribution >= 4 is 11.8 Å². The number of nitrogens with zero attached hydrogens (tertiary/aromatic N) is 2. The average molecular weight is 399 g/mol. The zero-order valence-electron chi connectivity index (χ0n) is 19.0. The summed E-state index contributed by atoms with van der Waals surface area (Å²) in [6.07, 6.45) is 7.66. The lowest BCUT2D eigenvalue weighted by Crippen LogP contribution is -2.50. The third kappa shape index (κ3) is 4.05. The van der Waals surface area contributed by atoms with Crippen molar-refractivity contribution in [1.82, 2.24) is 4.90 Å². The SMILES string of the molecule is Cc1ccc2c(c1)C1(CCN(C(C)C3CCCC3)CC1)CN2C(=O)OC(C)(C)C. The van der Waals surface area contributed by atoms with E-state index in [0.29, 0.717) is 6.04 Å². The van der Waals surface area contributed by atoms with Gasteiger partial charge in [-0.15, -0.1) is 0 Å². The summed E-state index contributed by atoms with van der Waals surface area (Å²) in [5.74, 6) is 0.875. The van der Waals surface area contributed by atoms with E-state index in [0.717, 1.165) is 44.1 Å². The van der Waals surface area contributed by atoms with Crippen molar-refractivity contribution < 1.29 is 9.53 Å². The largest absolute Gasteiger partial charge is 0.443 e. The molecule has 1 spiro atoms. The van der Waals surface area contributed by atoms with Gasteiger partial charge in [0.15, 0.2) is 0 Å². The highest BCUT2D eigenvalue weighted by Gasteiger charge is 2.48. The normalized spacial score (nSPS) is 23.4. The molecular formula is C25H38N2O2. The minimum Gasteiger partial charge on any atom is -0.443 e. The Balaban J connectivity index is 1.54. The Hall–Kier alpha value is -1.55. The molecule has 0 N–H and O–H groups in total. The summed E-state index contributed by atoms with van der Waals surface area (Å²) in [6.45, 7) is 13.4. The van der Waals surface area contributed by atoms with Gasteiger partial charge in [0.1, 0.15) is 5.60 Å². The molecule has 3 aliphatic rings. The highest BCUT2D eigenvalue weighted by Crippen LogP contribution is 2.48. The van der Waals surface area contributed by atoms with Crippen molar-refractivity contribution in [1.29, 1.82) is 0 Å². The van der Waals surface area contributed by atoms with Crippen LogP contribution in [0.2, 0.25) is 0 Å². The average Bonchev–Trinajstić information content (AvgIpc) is 3.28. The van der Waals surface area contributed by atoms with Gasteiger partial charge in [-0.3, -0.25) is 4.90 Å². The quantitative estimate of drug-likeness (QED) is 0.644. The molecule has 4 rings (SSSR count). The van der Waals surface area contributed by atoms with E-state index < -0.39 is 5.60 Å². The molecule has 1 atom stereocenters. The summed E-state index contributed by atoms with van der Waals surface area (Å²) in [7, 11) is 0. The highest BCUT2D eigenvalue weighted by molar-refractivity contribution is 5.91. The lowest BCUT2D eigenvalue weighted by molar-refractivity contribution is 0.0561. The van der Waals surface area contributed by atoms with Crippen LogP contribution in [-0.4, -0.2) is 42.3 Å². The molecule has 0 aromatic heterocycles.